The number of esters is 1. The summed E-state index contributed by atoms with van der Waals surface area (Å²) in [6, 6.07) is 29.7. The van der Waals surface area contributed by atoms with Crippen molar-refractivity contribution in [2.45, 2.75) is 29.6 Å². The van der Waals surface area contributed by atoms with E-state index in [1.165, 1.54) is 0 Å². The molecule has 0 unspecified atom stereocenters. The molecule has 3 fully saturated rings. The maximum atomic E-state index is 15.9. The first kappa shape index (κ1) is 40.1. The summed E-state index contributed by atoms with van der Waals surface area (Å²) in [4.78, 5) is 72.7. The smallest absolute Gasteiger partial charge is 0.324 e. The van der Waals surface area contributed by atoms with Crippen LogP contribution in [0.5, 0.6) is 5.75 Å². The number of carbonyl (C=O) groups is 4. The molecule has 0 saturated carbocycles. The van der Waals surface area contributed by atoms with Gasteiger partial charge in [-0.1, -0.05) is 90.7 Å². The Labute approximate surface area is 357 Å². The topological polar surface area (TPSA) is 193 Å². The molecule has 9 rings (SSSR count). The number of ether oxygens (including phenoxy) is 2. The van der Waals surface area contributed by atoms with Crippen LogP contribution in [0.15, 0.2) is 122 Å². The molecule has 1 spiro atoms. The number of cyclic esters (lactones) is 1. The number of piperazine rings is 1. The van der Waals surface area contributed by atoms with Gasteiger partial charge in [0, 0.05) is 55.4 Å². The number of anilines is 2. The number of aliphatic hydroxyl groups is 1. The molecule has 0 bridgehead atoms. The summed E-state index contributed by atoms with van der Waals surface area (Å²) in [5.41, 5.74) is 7.02. The van der Waals surface area contributed by atoms with Crippen molar-refractivity contribution in [1.82, 2.24) is 25.1 Å². The van der Waals surface area contributed by atoms with Crippen LogP contribution in [-0.4, -0.2) is 101 Å². The lowest BCUT2D eigenvalue weighted by atomic mass is 9.64. The third-order valence-electron chi connectivity index (χ3n) is 12.1. The summed E-state index contributed by atoms with van der Waals surface area (Å²) >= 11 is 0. The monoisotopic (exact) mass is 832 g/mol. The fourth-order valence-corrected chi connectivity index (χ4v) is 9.67. The maximum Gasteiger partial charge on any atom is 0.324 e. The zero-order valence-electron chi connectivity index (χ0n) is 33.6. The molecule has 4 aliphatic rings. The second-order valence-corrected chi connectivity index (χ2v) is 15.5. The van der Waals surface area contributed by atoms with Gasteiger partial charge in [-0.15, -0.1) is 0 Å². The summed E-state index contributed by atoms with van der Waals surface area (Å²) in [7, 11) is 0. The van der Waals surface area contributed by atoms with E-state index in [1.54, 1.807) is 53.7 Å². The third-order valence-corrected chi connectivity index (χ3v) is 12.1. The van der Waals surface area contributed by atoms with Gasteiger partial charge in [0.25, 0.3) is 0 Å². The summed E-state index contributed by atoms with van der Waals surface area (Å²) < 4.78 is 12.8. The number of hydrogen-bond acceptors (Lipinski definition) is 11. The van der Waals surface area contributed by atoms with Crippen molar-refractivity contribution in [2.24, 2.45) is 11.7 Å². The minimum atomic E-state index is -1.78. The zero-order valence-corrected chi connectivity index (χ0v) is 33.6. The number of aliphatic hydroxyl groups excluding tert-OH is 1. The van der Waals surface area contributed by atoms with Gasteiger partial charge in [0.15, 0.2) is 0 Å². The first-order valence-corrected chi connectivity index (χ1v) is 20.5. The van der Waals surface area contributed by atoms with E-state index in [2.05, 4.69) is 32.4 Å². The molecule has 4 aromatic carbocycles. The molecule has 15 heteroatoms. The SMILES string of the molecule is NC(=O)NCC#Cc1ccc2c(c1)[C@]1(C(=O)N2)[C@H](C(=O)N2CCN(c3ncccn3)CC2)[C@H]2C(=O)O[C@H](c3ccccc3)[C@H](c3ccccc3)N2[C@@H]1c1ccccc1OCCO. The highest BCUT2D eigenvalue weighted by Crippen LogP contribution is 2.66. The van der Waals surface area contributed by atoms with E-state index in [-0.39, 0.29) is 32.8 Å². The van der Waals surface area contributed by atoms with Crippen molar-refractivity contribution < 1.29 is 33.8 Å². The Hall–Kier alpha value is -7.28. The fraction of sp³-hybridized carbons (Fsp3) is 0.277. The van der Waals surface area contributed by atoms with Crippen molar-refractivity contribution in [3.63, 3.8) is 0 Å². The predicted octanol–water partition coefficient (Wildman–Crippen LogP) is 3.49. The van der Waals surface area contributed by atoms with E-state index in [1.807, 2.05) is 82.6 Å². The number of benzene rings is 4. The van der Waals surface area contributed by atoms with Gasteiger partial charge >= 0.3 is 12.0 Å². The van der Waals surface area contributed by atoms with Crippen molar-refractivity contribution in [3.8, 4) is 17.6 Å². The molecule has 15 nitrogen and oxygen atoms in total. The number of hydrogen-bond donors (Lipinski definition) is 4. The molecule has 62 heavy (non-hydrogen) atoms. The lowest BCUT2D eigenvalue weighted by Crippen LogP contribution is -2.58. The molecule has 0 radical (unpaired) electrons. The van der Waals surface area contributed by atoms with Gasteiger partial charge in [0.2, 0.25) is 17.8 Å². The molecular formula is C47H44N8O7. The largest absolute Gasteiger partial charge is 0.491 e. The first-order chi connectivity index (χ1) is 30.3. The molecule has 5 heterocycles. The number of rotatable bonds is 9. The number of primary amides is 1. The zero-order chi connectivity index (χ0) is 42.8. The van der Waals surface area contributed by atoms with Gasteiger partial charge in [-0.05, 0) is 47.0 Å². The average molecular weight is 833 g/mol. The number of amides is 4. The van der Waals surface area contributed by atoms with Gasteiger partial charge in [-0.3, -0.25) is 19.3 Å². The van der Waals surface area contributed by atoms with Crippen LogP contribution in [0, 0.1) is 17.8 Å². The molecule has 6 atom stereocenters. The van der Waals surface area contributed by atoms with Crippen LogP contribution in [0.3, 0.4) is 0 Å². The van der Waals surface area contributed by atoms with Crippen LogP contribution in [0.2, 0.25) is 0 Å². The van der Waals surface area contributed by atoms with Crippen molar-refractivity contribution in [3.05, 3.63) is 149 Å². The Morgan fingerprint density at radius 1 is 0.887 bits per heavy atom. The maximum absolute atomic E-state index is 15.9. The van der Waals surface area contributed by atoms with Gasteiger partial charge in [-0.2, -0.15) is 0 Å². The quantitative estimate of drug-likeness (QED) is 0.126. The number of aromatic nitrogens is 2. The molecular weight excluding hydrogens is 789 g/mol. The number of para-hydroxylation sites is 1. The van der Waals surface area contributed by atoms with E-state index >= 15 is 14.4 Å². The molecule has 4 aliphatic heterocycles. The number of fused-ring (bicyclic) bond motifs is 3. The van der Waals surface area contributed by atoms with Gasteiger partial charge < -0.3 is 40.7 Å². The molecule has 0 aliphatic carbocycles. The highest BCUT2D eigenvalue weighted by molar-refractivity contribution is 6.12. The fourth-order valence-electron chi connectivity index (χ4n) is 9.67. The first-order valence-electron chi connectivity index (χ1n) is 20.5. The van der Waals surface area contributed by atoms with Crippen LogP contribution in [0.25, 0.3) is 0 Å². The number of morpholine rings is 1. The second-order valence-electron chi connectivity index (χ2n) is 15.5. The van der Waals surface area contributed by atoms with E-state index in [4.69, 9.17) is 15.2 Å². The average Bonchev–Trinajstić information content (AvgIpc) is 3.78. The highest BCUT2D eigenvalue weighted by Gasteiger charge is 2.74. The van der Waals surface area contributed by atoms with Crippen molar-refractivity contribution in [2.75, 3.05) is 56.2 Å². The minimum Gasteiger partial charge on any atom is -0.491 e. The molecule has 3 saturated heterocycles. The number of nitrogens with zero attached hydrogens (tertiary/aromatic N) is 5. The van der Waals surface area contributed by atoms with Crippen molar-refractivity contribution in [1.29, 1.82) is 0 Å². The van der Waals surface area contributed by atoms with Crippen LogP contribution < -0.4 is 26.0 Å². The van der Waals surface area contributed by atoms with Crippen LogP contribution in [-0.2, 0) is 24.5 Å². The number of urea groups is 1. The third kappa shape index (κ3) is 7.02. The van der Waals surface area contributed by atoms with Gasteiger partial charge in [-0.25, -0.2) is 14.8 Å². The second kappa shape index (κ2) is 17.0. The van der Waals surface area contributed by atoms with Gasteiger partial charge in [0.1, 0.15) is 29.9 Å². The van der Waals surface area contributed by atoms with Crippen molar-refractivity contribution >= 4 is 35.5 Å². The van der Waals surface area contributed by atoms with Crippen LogP contribution in [0.1, 0.15) is 46.0 Å². The number of nitrogens with one attached hydrogen (secondary N) is 2. The van der Waals surface area contributed by atoms with Crippen LogP contribution >= 0.6 is 0 Å². The standard InChI is InChI=1S/C47H44N8O7/c48-45(60)49-20-9-11-30-18-19-35-34(29-30)47(44(59)52-35)37(42(57)53-23-25-54(26-24-53)46-50-21-10-22-51-46)39-43(58)62-40(32-14-5-2-6-15-32)38(31-12-3-1-4-13-31)55(39)41(47)33-16-7-8-17-36(33)61-28-27-56/h1-8,10,12-19,21-22,29,37-41,56H,20,23-28H2,(H,52,59)(H3,48,49,60)/t37-,38-,39-,40+,41+,47-/m0/s1. The summed E-state index contributed by atoms with van der Waals surface area (Å²) in [6.07, 6.45) is 2.49. The van der Waals surface area contributed by atoms with Crippen LogP contribution in [0.4, 0.5) is 16.4 Å². The van der Waals surface area contributed by atoms with E-state index in [9.17, 15) is 9.90 Å². The molecule has 1 aromatic heterocycles. The number of nitrogens with two attached hydrogens (primary N) is 1. The summed E-state index contributed by atoms with van der Waals surface area (Å²) in [5.74, 6) is 4.08. The Morgan fingerprint density at radius 2 is 1.58 bits per heavy atom. The Bertz CT molecular complexity index is 2550. The summed E-state index contributed by atoms with van der Waals surface area (Å²) in [5, 5.41) is 15.6. The number of carbonyl (C=O) groups excluding carboxylic acids is 4. The summed E-state index contributed by atoms with van der Waals surface area (Å²) in [6.45, 7) is 1.04. The highest BCUT2D eigenvalue weighted by atomic mass is 16.6. The molecule has 5 aromatic rings. The predicted molar refractivity (Wildman–Crippen MR) is 227 cm³/mol. The Kier molecular flexibility index (Phi) is 11.0. The Morgan fingerprint density at radius 3 is 2.29 bits per heavy atom. The molecule has 5 N–H and O–H groups in total. The van der Waals surface area contributed by atoms with E-state index < -0.39 is 59.4 Å². The molecule has 314 valence electrons. The van der Waals surface area contributed by atoms with Gasteiger partial charge in [0.05, 0.1) is 31.2 Å². The molecule has 4 amide bonds. The van der Waals surface area contributed by atoms with E-state index in [0.717, 1.165) is 11.1 Å². The lowest BCUT2D eigenvalue weighted by molar-refractivity contribution is -0.179. The normalized spacial score (nSPS) is 24.0. The Balaban J connectivity index is 1.29. The van der Waals surface area contributed by atoms with E-state index in [0.29, 0.717) is 47.2 Å². The minimum absolute atomic E-state index is 0.0185. The lowest BCUT2D eigenvalue weighted by Gasteiger charge is -2.46.